The predicted molar refractivity (Wildman–Crippen MR) is 68.3 cm³/mol. The van der Waals surface area contributed by atoms with Crippen LogP contribution in [0.15, 0.2) is 24.3 Å². The minimum Gasteiger partial charge on any atom is -0.264 e. The van der Waals surface area contributed by atoms with Crippen molar-refractivity contribution in [2.24, 2.45) is 0 Å². The number of hydrogen-bond donors (Lipinski definition) is 4. The standard InChI is InChI=1S/C6H4Cl2.N2.2H2O4S/c7-5-1-2-6(8)4-3-5;1-2;2*1-5(2,3)4/h1-4H;;2*(H2,1,2,3,4). The fourth-order valence-corrected chi connectivity index (χ4v) is 0.682. The Labute approximate surface area is 124 Å². The molecule has 14 heteroatoms. The largest absolute Gasteiger partial charge is 0.394 e. The molecule has 1 aromatic carbocycles. The van der Waals surface area contributed by atoms with E-state index in [9.17, 15) is 0 Å². The van der Waals surface area contributed by atoms with Gasteiger partial charge in [-0.05, 0) is 24.3 Å². The molecule has 0 bridgehead atoms. The summed E-state index contributed by atoms with van der Waals surface area (Å²) in [6.45, 7) is 0. The molecule has 0 heterocycles. The van der Waals surface area contributed by atoms with Gasteiger partial charge in [-0.2, -0.15) is 16.8 Å². The van der Waals surface area contributed by atoms with Crippen LogP contribution in [0.5, 0.6) is 0 Å². The van der Waals surface area contributed by atoms with Crippen LogP contribution in [0.4, 0.5) is 0 Å². The Hall–Kier alpha value is -1.04. The SMILES string of the molecule is Clc1ccc(Cl)cc1.N#N.O=S(=O)(O)O.O=S(=O)(O)O. The molecule has 0 saturated carbocycles. The van der Waals surface area contributed by atoms with Crippen molar-refractivity contribution in [3.05, 3.63) is 34.3 Å². The van der Waals surface area contributed by atoms with E-state index in [4.69, 9.17) is 69.0 Å². The molecular formula is C6H8Cl2N2O8S2. The number of halogens is 2. The Morgan fingerprint density at radius 2 is 0.800 bits per heavy atom. The van der Waals surface area contributed by atoms with E-state index in [2.05, 4.69) is 0 Å². The summed E-state index contributed by atoms with van der Waals surface area (Å²) in [4.78, 5) is 0. The van der Waals surface area contributed by atoms with Gasteiger partial charge >= 0.3 is 20.8 Å². The first-order chi connectivity index (χ1) is 8.79. The first kappa shape index (κ1) is 24.0. The van der Waals surface area contributed by atoms with E-state index < -0.39 is 20.8 Å². The molecule has 0 fully saturated rings. The van der Waals surface area contributed by atoms with Crippen LogP contribution in [0.2, 0.25) is 10.0 Å². The first-order valence-corrected chi connectivity index (χ1v) is 7.35. The molecule has 1 aromatic rings. The molecule has 116 valence electrons. The first-order valence-electron chi connectivity index (χ1n) is 3.80. The van der Waals surface area contributed by atoms with Gasteiger partial charge in [-0.3, -0.25) is 18.2 Å². The summed E-state index contributed by atoms with van der Waals surface area (Å²) >= 11 is 11.1. The van der Waals surface area contributed by atoms with Gasteiger partial charge < -0.3 is 0 Å². The zero-order chi connectivity index (χ0) is 17.0. The number of rotatable bonds is 0. The second-order valence-electron chi connectivity index (χ2n) is 2.33. The van der Waals surface area contributed by atoms with Crippen LogP contribution in [-0.2, 0) is 20.8 Å². The summed E-state index contributed by atoms with van der Waals surface area (Å²) in [6.07, 6.45) is 0. The van der Waals surface area contributed by atoms with Crippen molar-refractivity contribution in [1.29, 1.82) is 10.8 Å². The summed E-state index contributed by atoms with van der Waals surface area (Å²) in [7, 11) is -9.33. The normalized spacial score (nSPS) is 9.60. The highest BCUT2D eigenvalue weighted by Gasteiger charge is 1.85. The highest BCUT2D eigenvalue weighted by molar-refractivity contribution is 7.80. The lowest BCUT2D eigenvalue weighted by atomic mass is 10.4. The maximum Gasteiger partial charge on any atom is 0.394 e. The van der Waals surface area contributed by atoms with Crippen LogP contribution in [0.25, 0.3) is 0 Å². The van der Waals surface area contributed by atoms with Gasteiger partial charge in [0.25, 0.3) is 0 Å². The minimum absolute atomic E-state index is 0.717. The topological polar surface area (TPSA) is 197 Å². The number of hydrogen-bond acceptors (Lipinski definition) is 6. The molecule has 1 rings (SSSR count). The van der Waals surface area contributed by atoms with Crippen LogP contribution >= 0.6 is 23.2 Å². The molecule has 0 aromatic heterocycles. The van der Waals surface area contributed by atoms with Crippen molar-refractivity contribution >= 4 is 44.0 Å². The smallest absolute Gasteiger partial charge is 0.264 e. The molecule has 0 aliphatic carbocycles. The lowest BCUT2D eigenvalue weighted by Crippen LogP contribution is -1.89. The molecule has 0 spiro atoms. The highest BCUT2D eigenvalue weighted by atomic mass is 35.5. The summed E-state index contributed by atoms with van der Waals surface area (Å²) < 4.78 is 63.2. The van der Waals surface area contributed by atoms with E-state index in [1.807, 2.05) is 0 Å². The van der Waals surface area contributed by atoms with Crippen molar-refractivity contribution in [2.45, 2.75) is 0 Å². The van der Waals surface area contributed by atoms with E-state index in [0.29, 0.717) is 0 Å². The fraction of sp³-hybridized carbons (Fsp3) is 0. The van der Waals surface area contributed by atoms with Crippen LogP contribution in [0, 0.1) is 10.8 Å². The summed E-state index contributed by atoms with van der Waals surface area (Å²) in [5.41, 5.74) is 0. The average molecular weight is 371 g/mol. The van der Waals surface area contributed by atoms with Gasteiger partial charge in [0.05, 0.1) is 0 Å². The van der Waals surface area contributed by atoms with Crippen molar-refractivity contribution in [2.75, 3.05) is 0 Å². The molecule has 0 atom stereocenters. The highest BCUT2D eigenvalue weighted by Crippen LogP contribution is 2.12. The van der Waals surface area contributed by atoms with E-state index in [-0.39, 0.29) is 0 Å². The molecule has 10 nitrogen and oxygen atoms in total. The molecule has 0 radical (unpaired) electrons. The fourth-order valence-electron chi connectivity index (χ4n) is 0.430. The van der Waals surface area contributed by atoms with Gasteiger partial charge in [-0.15, -0.1) is 0 Å². The summed E-state index contributed by atoms with van der Waals surface area (Å²) in [5, 5.41) is 13.4. The minimum atomic E-state index is -4.67. The number of benzene rings is 1. The van der Waals surface area contributed by atoms with Gasteiger partial charge in [0.15, 0.2) is 0 Å². The third-order valence-corrected chi connectivity index (χ3v) is 1.31. The van der Waals surface area contributed by atoms with E-state index in [1.165, 1.54) is 0 Å². The van der Waals surface area contributed by atoms with Crippen molar-refractivity contribution < 1.29 is 35.0 Å². The van der Waals surface area contributed by atoms with Gasteiger partial charge in [0, 0.05) is 20.8 Å². The van der Waals surface area contributed by atoms with Crippen LogP contribution in [0.3, 0.4) is 0 Å². The quantitative estimate of drug-likeness (QED) is 0.385. The van der Waals surface area contributed by atoms with Crippen LogP contribution < -0.4 is 0 Å². The molecule has 0 aliphatic heterocycles. The maximum absolute atomic E-state index is 8.74. The van der Waals surface area contributed by atoms with E-state index >= 15 is 0 Å². The zero-order valence-electron chi connectivity index (χ0n) is 9.20. The molecular weight excluding hydrogens is 363 g/mol. The monoisotopic (exact) mass is 370 g/mol. The summed E-state index contributed by atoms with van der Waals surface area (Å²) in [6, 6.07) is 7.02. The summed E-state index contributed by atoms with van der Waals surface area (Å²) in [5.74, 6) is 0. The van der Waals surface area contributed by atoms with Crippen molar-refractivity contribution in [1.82, 2.24) is 0 Å². The lowest BCUT2D eigenvalue weighted by molar-refractivity contribution is 0.378. The Bertz CT molecular complexity index is 516. The molecule has 0 saturated heterocycles. The Morgan fingerprint density at radius 1 is 0.700 bits per heavy atom. The van der Waals surface area contributed by atoms with Gasteiger partial charge in [-0.1, -0.05) is 23.2 Å². The molecule has 0 unspecified atom stereocenters. The van der Waals surface area contributed by atoms with Gasteiger partial charge in [-0.25, -0.2) is 0 Å². The van der Waals surface area contributed by atoms with Crippen LogP contribution in [-0.4, -0.2) is 35.0 Å². The third-order valence-electron chi connectivity index (χ3n) is 0.804. The third kappa shape index (κ3) is 53.8. The Morgan fingerprint density at radius 3 is 0.900 bits per heavy atom. The molecule has 4 N–H and O–H groups in total. The second kappa shape index (κ2) is 11.8. The van der Waals surface area contributed by atoms with E-state index in [1.54, 1.807) is 24.3 Å². The Kier molecular flexibility index (Phi) is 14.1. The predicted octanol–water partition coefficient (Wildman–Crippen LogP) is 1.72. The Balaban J connectivity index is -0.000000213. The van der Waals surface area contributed by atoms with Crippen molar-refractivity contribution in [3.63, 3.8) is 0 Å². The van der Waals surface area contributed by atoms with Crippen LogP contribution in [0.1, 0.15) is 0 Å². The number of nitrogens with zero attached hydrogens (tertiary/aromatic N) is 2. The lowest BCUT2D eigenvalue weighted by Gasteiger charge is -1.86. The average Bonchev–Trinajstić information content (AvgIpc) is 2.21. The molecule has 0 aliphatic rings. The maximum atomic E-state index is 8.74. The zero-order valence-corrected chi connectivity index (χ0v) is 12.3. The van der Waals surface area contributed by atoms with Gasteiger partial charge in [0.1, 0.15) is 0 Å². The second-order valence-corrected chi connectivity index (χ2v) is 5.00. The van der Waals surface area contributed by atoms with Crippen molar-refractivity contribution in [3.8, 4) is 0 Å². The van der Waals surface area contributed by atoms with Gasteiger partial charge in [0.2, 0.25) is 0 Å². The molecule has 0 amide bonds. The van der Waals surface area contributed by atoms with E-state index in [0.717, 1.165) is 10.0 Å². The molecule has 20 heavy (non-hydrogen) atoms.